The van der Waals surface area contributed by atoms with Gasteiger partial charge in [-0.15, -0.1) is 11.8 Å². The van der Waals surface area contributed by atoms with Crippen LogP contribution in [0.1, 0.15) is 15.9 Å². The Bertz CT molecular complexity index is 1800. The lowest BCUT2D eigenvalue weighted by Gasteiger charge is -2.13. The summed E-state index contributed by atoms with van der Waals surface area (Å²) in [4.78, 5) is 42.8. The van der Waals surface area contributed by atoms with Crippen molar-refractivity contribution in [2.75, 3.05) is 16.4 Å². The van der Waals surface area contributed by atoms with Crippen LogP contribution < -0.4 is 16.0 Å². The van der Waals surface area contributed by atoms with Crippen molar-refractivity contribution in [2.45, 2.75) is 4.90 Å². The number of H-pyrrole nitrogens is 1. The lowest BCUT2D eigenvalue weighted by molar-refractivity contribution is -0.114. The molecule has 0 aliphatic heterocycles. The Labute approximate surface area is 256 Å². The number of benzene rings is 4. The second kappa shape index (κ2) is 13.4. The SMILES string of the molecule is O=C(CSc1cccc(NC(=O)/C(=C\c2ccc(Cl)cc2Cl)NC(=O)c2ccccc2)c1)Nc1ccc2cc[nH]c2c1. The van der Waals surface area contributed by atoms with Crippen molar-refractivity contribution in [1.29, 1.82) is 0 Å². The van der Waals surface area contributed by atoms with Gasteiger partial charge in [0.05, 0.1) is 5.75 Å². The van der Waals surface area contributed by atoms with Crippen LogP contribution in [0.2, 0.25) is 10.0 Å². The number of carbonyl (C=O) groups excluding carboxylic acids is 3. The van der Waals surface area contributed by atoms with Crippen LogP contribution in [0.4, 0.5) is 11.4 Å². The summed E-state index contributed by atoms with van der Waals surface area (Å²) >= 11 is 13.7. The molecule has 42 heavy (non-hydrogen) atoms. The molecule has 0 unspecified atom stereocenters. The number of aromatic nitrogens is 1. The standard InChI is InChI=1S/C32H24Cl2N4O3S/c33-23-11-9-22(27(34)16-23)15-29(38-31(40)21-5-2-1-3-6-21)32(41)37-24-7-4-8-26(17-24)42-19-30(39)36-25-12-10-20-13-14-35-28(20)18-25/h1-18,35H,19H2,(H,36,39)(H,37,41)(H,38,40)/b29-15+. The molecule has 0 aliphatic carbocycles. The summed E-state index contributed by atoms with van der Waals surface area (Å²) in [6.07, 6.45) is 3.34. The summed E-state index contributed by atoms with van der Waals surface area (Å²) < 4.78 is 0. The molecule has 7 nitrogen and oxygen atoms in total. The Morgan fingerprint density at radius 2 is 1.62 bits per heavy atom. The molecule has 0 saturated heterocycles. The highest BCUT2D eigenvalue weighted by atomic mass is 35.5. The van der Waals surface area contributed by atoms with Crippen molar-refractivity contribution in [2.24, 2.45) is 0 Å². The number of rotatable bonds is 9. The summed E-state index contributed by atoms with van der Waals surface area (Å²) in [5.41, 5.74) is 3.02. The van der Waals surface area contributed by atoms with Crippen LogP contribution in [0.25, 0.3) is 17.0 Å². The summed E-state index contributed by atoms with van der Waals surface area (Å²) in [7, 11) is 0. The van der Waals surface area contributed by atoms with E-state index in [1.807, 2.05) is 36.5 Å². The number of anilines is 2. The molecular weight excluding hydrogens is 591 g/mol. The fourth-order valence-electron chi connectivity index (χ4n) is 4.05. The zero-order valence-electron chi connectivity index (χ0n) is 22.0. The highest BCUT2D eigenvalue weighted by molar-refractivity contribution is 8.00. The second-order valence-electron chi connectivity index (χ2n) is 9.14. The molecule has 0 fully saturated rings. The first kappa shape index (κ1) is 29.0. The van der Waals surface area contributed by atoms with Gasteiger partial charge in [0.25, 0.3) is 11.8 Å². The summed E-state index contributed by atoms with van der Waals surface area (Å²) in [5, 5.41) is 10.3. The molecule has 0 spiro atoms. The molecule has 3 amide bonds. The van der Waals surface area contributed by atoms with E-state index in [1.54, 1.807) is 66.7 Å². The number of halogens is 2. The zero-order chi connectivity index (χ0) is 29.5. The van der Waals surface area contributed by atoms with E-state index in [0.717, 1.165) is 15.8 Å². The van der Waals surface area contributed by atoms with E-state index in [9.17, 15) is 14.4 Å². The third kappa shape index (κ3) is 7.61. The van der Waals surface area contributed by atoms with Crippen molar-refractivity contribution in [3.05, 3.63) is 130 Å². The maximum atomic E-state index is 13.4. The van der Waals surface area contributed by atoms with Crippen molar-refractivity contribution >= 4 is 81.0 Å². The van der Waals surface area contributed by atoms with Gasteiger partial charge in [-0.2, -0.15) is 0 Å². The number of amides is 3. The maximum absolute atomic E-state index is 13.4. The molecule has 0 bridgehead atoms. The van der Waals surface area contributed by atoms with E-state index in [4.69, 9.17) is 23.2 Å². The maximum Gasteiger partial charge on any atom is 0.272 e. The molecule has 10 heteroatoms. The first-order chi connectivity index (χ1) is 20.3. The molecule has 210 valence electrons. The quantitative estimate of drug-likeness (QED) is 0.101. The molecule has 5 aromatic rings. The predicted molar refractivity (Wildman–Crippen MR) is 171 cm³/mol. The normalized spacial score (nSPS) is 11.2. The highest BCUT2D eigenvalue weighted by Crippen LogP contribution is 2.25. The van der Waals surface area contributed by atoms with Gasteiger partial charge in [-0.25, -0.2) is 0 Å². The van der Waals surface area contributed by atoms with Gasteiger partial charge >= 0.3 is 0 Å². The first-order valence-corrected chi connectivity index (χ1v) is 14.5. The molecular formula is C32H24Cl2N4O3S. The van der Waals surface area contributed by atoms with Crippen molar-refractivity contribution in [3.63, 3.8) is 0 Å². The van der Waals surface area contributed by atoms with E-state index < -0.39 is 11.8 Å². The van der Waals surface area contributed by atoms with Gasteiger partial charge in [0.1, 0.15) is 5.70 Å². The molecule has 1 heterocycles. The summed E-state index contributed by atoms with van der Waals surface area (Å²) in [5.74, 6) is -0.986. The monoisotopic (exact) mass is 614 g/mol. The van der Waals surface area contributed by atoms with Gasteiger partial charge in [0, 0.05) is 43.6 Å². The largest absolute Gasteiger partial charge is 0.361 e. The minimum absolute atomic E-state index is 0.00968. The number of aromatic amines is 1. The van der Waals surface area contributed by atoms with Crippen LogP contribution in [-0.2, 0) is 9.59 Å². The fraction of sp³-hybridized carbons (Fsp3) is 0.0312. The van der Waals surface area contributed by atoms with E-state index in [-0.39, 0.29) is 17.4 Å². The van der Waals surface area contributed by atoms with Gasteiger partial charge in [-0.1, -0.05) is 59.6 Å². The van der Waals surface area contributed by atoms with Crippen LogP contribution in [0, 0.1) is 0 Å². The van der Waals surface area contributed by atoms with Gasteiger partial charge < -0.3 is 20.9 Å². The fourth-order valence-corrected chi connectivity index (χ4v) is 5.27. The topological polar surface area (TPSA) is 103 Å². The van der Waals surface area contributed by atoms with Crippen LogP contribution in [0.3, 0.4) is 0 Å². The number of hydrogen-bond acceptors (Lipinski definition) is 4. The Morgan fingerprint density at radius 1 is 0.810 bits per heavy atom. The Balaban J connectivity index is 1.27. The molecule has 5 rings (SSSR count). The lowest BCUT2D eigenvalue weighted by Crippen LogP contribution is -2.30. The van der Waals surface area contributed by atoms with E-state index in [0.29, 0.717) is 32.5 Å². The Hall–Kier alpha value is -4.50. The molecule has 4 N–H and O–H groups in total. The van der Waals surface area contributed by atoms with Crippen molar-refractivity contribution in [3.8, 4) is 0 Å². The minimum Gasteiger partial charge on any atom is -0.361 e. The van der Waals surface area contributed by atoms with E-state index >= 15 is 0 Å². The summed E-state index contributed by atoms with van der Waals surface area (Å²) in [6, 6.07) is 28.2. The second-order valence-corrected chi connectivity index (χ2v) is 11.0. The van der Waals surface area contributed by atoms with Gasteiger partial charge in [0.2, 0.25) is 5.91 Å². The summed E-state index contributed by atoms with van der Waals surface area (Å²) in [6.45, 7) is 0. The van der Waals surface area contributed by atoms with Gasteiger partial charge in [-0.05, 0) is 77.7 Å². The molecule has 1 aromatic heterocycles. The van der Waals surface area contributed by atoms with E-state index in [2.05, 4.69) is 20.9 Å². The minimum atomic E-state index is -0.551. The van der Waals surface area contributed by atoms with Crippen LogP contribution in [0.5, 0.6) is 0 Å². The number of hydrogen-bond donors (Lipinski definition) is 4. The highest BCUT2D eigenvalue weighted by Gasteiger charge is 2.16. The van der Waals surface area contributed by atoms with E-state index in [1.165, 1.54) is 17.8 Å². The Kier molecular flexibility index (Phi) is 9.28. The van der Waals surface area contributed by atoms with Crippen molar-refractivity contribution < 1.29 is 14.4 Å². The third-order valence-electron chi connectivity index (χ3n) is 6.09. The molecule has 0 radical (unpaired) electrons. The van der Waals surface area contributed by atoms with Crippen LogP contribution in [0.15, 0.2) is 114 Å². The van der Waals surface area contributed by atoms with Crippen LogP contribution >= 0.6 is 35.0 Å². The molecule has 0 atom stereocenters. The first-order valence-electron chi connectivity index (χ1n) is 12.8. The molecule has 4 aromatic carbocycles. The Morgan fingerprint density at radius 3 is 2.43 bits per heavy atom. The lowest BCUT2D eigenvalue weighted by atomic mass is 10.1. The number of fused-ring (bicyclic) bond motifs is 1. The molecule has 0 saturated carbocycles. The smallest absolute Gasteiger partial charge is 0.272 e. The average Bonchev–Trinajstić information content (AvgIpc) is 3.45. The molecule has 0 aliphatic rings. The third-order valence-corrected chi connectivity index (χ3v) is 7.65. The van der Waals surface area contributed by atoms with Gasteiger partial charge in [0.15, 0.2) is 0 Å². The zero-order valence-corrected chi connectivity index (χ0v) is 24.3. The van der Waals surface area contributed by atoms with Gasteiger partial charge in [-0.3, -0.25) is 14.4 Å². The predicted octanol–water partition coefficient (Wildman–Crippen LogP) is 7.62. The number of carbonyl (C=O) groups is 3. The average molecular weight is 616 g/mol. The number of thioether (sulfide) groups is 1. The van der Waals surface area contributed by atoms with Crippen LogP contribution in [-0.4, -0.2) is 28.5 Å². The van der Waals surface area contributed by atoms with Crippen molar-refractivity contribution in [1.82, 2.24) is 10.3 Å². The number of nitrogens with one attached hydrogen (secondary N) is 4.